The zero-order chi connectivity index (χ0) is 24.7. The second kappa shape index (κ2) is 9.04. The number of methoxy groups -OCH3 is 1. The van der Waals surface area contributed by atoms with Crippen LogP contribution in [0.5, 0.6) is 5.75 Å². The van der Waals surface area contributed by atoms with Crippen molar-refractivity contribution in [2.24, 2.45) is 0 Å². The first-order valence-electron chi connectivity index (χ1n) is 9.69. The van der Waals surface area contributed by atoms with Crippen LogP contribution >= 0.6 is 23.2 Å². The number of aliphatic hydroxyl groups excluding tert-OH is 1. The normalized spacial score (nSPS) is 17.4. The van der Waals surface area contributed by atoms with E-state index >= 15 is 0 Å². The van der Waals surface area contributed by atoms with E-state index in [4.69, 9.17) is 27.9 Å². The predicted molar refractivity (Wildman–Crippen MR) is 121 cm³/mol. The van der Waals surface area contributed by atoms with Gasteiger partial charge in [0.25, 0.3) is 11.7 Å². The zero-order valence-corrected chi connectivity index (χ0v) is 18.8. The lowest BCUT2D eigenvalue weighted by molar-refractivity contribution is -0.132. The lowest BCUT2D eigenvalue weighted by Crippen LogP contribution is -2.30. The number of benzene rings is 3. The van der Waals surface area contributed by atoms with Crippen LogP contribution in [0.4, 0.5) is 18.9 Å². The molecule has 1 aliphatic rings. The highest BCUT2D eigenvalue weighted by atomic mass is 35.5. The fourth-order valence-electron chi connectivity index (χ4n) is 3.80. The molecule has 1 amide bonds. The van der Waals surface area contributed by atoms with Crippen LogP contribution < -0.4 is 9.64 Å². The zero-order valence-electron chi connectivity index (χ0n) is 17.3. The lowest BCUT2D eigenvalue weighted by Gasteiger charge is -2.26. The number of aliphatic hydroxyl groups is 1. The summed E-state index contributed by atoms with van der Waals surface area (Å²) in [7, 11) is 1.27. The van der Waals surface area contributed by atoms with Crippen molar-refractivity contribution < 1.29 is 32.6 Å². The first-order valence-corrected chi connectivity index (χ1v) is 10.4. The Hall–Kier alpha value is -3.49. The topological polar surface area (TPSA) is 66.8 Å². The van der Waals surface area contributed by atoms with E-state index < -0.39 is 52.2 Å². The Bertz CT molecular complexity index is 1360. The van der Waals surface area contributed by atoms with Crippen molar-refractivity contribution in [3.63, 3.8) is 0 Å². The van der Waals surface area contributed by atoms with Gasteiger partial charge in [0.15, 0.2) is 0 Å². The maximum atomic E-state index is 14.7. The summed E-state index contributed by atoms with van der Waals surface area (Å²) in [4.78, 5) is 26.9. The average molecular weight is 508 g/mol. The molecule has 174 valence electrons. The highest BCUT2D eigenvalue weighted by Crippen LogP contribution is 2.45. The van der Waals surface area contributed by atoms with Gasteiger partial charge in [-0.15, -0.1) is 0 Å². The largest absolute Gasteiger partial charge is 0.507 e. The van der Waals surface area contributed by atoms with E-state index in [0.29, 0.717) is 4.90 Å². The first kappa shape index (κ1) is 23.7. The van der Waals surface area contributed by atoms with Crippen LogP contribution in [0.25, 0.3) is 5.76 Å². The molecule has 4 rings (SSSR count). The molecule has 34 heavy (non-hydrogen) atoms. The molecule has 0 saturated carbocycles. The molecule has 5 nitrogen and oxygen atoms in total. The Balaban J connectivity index is 2.04. The van der Waals surface area contributed by atoms with E-state index in [2.05, 4.69) is 0 Å². The van der Waals surface area contributed by atoms with Crippen molar-refractivity contribution in [1.29, 1.82) is 0 Å². The van der Waals surface area contributed by atoms with Gasteiger partial charge in [-0.25, -0.2) is 13.2 Å². The number of nitrogens with zero attached hydrogens (tertiary/aromatic N) is 1. The molecule has 3 aromatic carbocycles. The van der Waals surface area contributed by atoms with E-state index in [1.807, 2.05) is 0 Å². The smallest absolute Gasteiger partial charge is 0.300 e. The second-order valence-electron chi connectivity index (χ2n) is 7.28. The van der Waals surface area contributed by atoms with Gasteiger partial charge in [0.2, 0.25) is 0 Å². The molecular weight excluding hydrogens is 494 g/mol. The first-order chi connectivity index (χ1) is 16.1. The van der Waals surface area contributed by atoms with Crippen LogP contribution in [0, 0.1) is 17.5 Å². The molecule has 1 N–H and O–H groups in total. The van der Waals surface area contributed by atoms with Gasteiger partial charge >= 0.3 is 0 Å². The molecule has 0 radical (unpaired) electrons. The Morgan fingerprint density at radius 2 is 1.62 bits per heavy atom. The van der Waals surface area contributed by atoms with Gasteiger partial charge in [-0.2, -0.15) is 0 Å². The van der Waals surface area contributed by atoms with Gasteiger partial charge in [-0.1, -0.05) is 35.3 Å². The third-order valence-corrected chi connectivity index (χ3v) is 5.76. The number of hydrogen-bond acceptors (Lipinski definition) is 4. The van der Waals surface area contributed by atoms with Gasteiger partial charge < -0.3 is 9.84 Å². The number of carbonyl (C=O) groups excluding carboxylic acids is 2. The van der Waals surface area contributed by atoms with E-state index in [1.165, 1.54) is 31.4 Å². The average Bonchev–Trinajstić information content (AvgIpc) is 3.05. The summed E-state index contributed by atoms with van der Waals surface area (Å²) >= 11 is 12.2. The quantitative estimate of drug-likeness (QED) is 0.265. The number of halogens is 5. The number of hydrogen-bond donors (Lipinski definition) is 1. The molecule has 1 aliphatic heterocycles. The second-order valence-corrected chi connectivity index (χ2v) is 8.13. The summed E-state index contributed by atoms with van der Waals surface area (Å²) < 4.78 is 47.5. The third-order valence-electron chi connectivity index (χ3n) is 5.27. The van der Waals surface area contributed by atoms with Crippen LogP contribution in [-0.4, -0.2) is 23.9 Å². The van der Waals surface area contributed by atoms with Gasteiger partial charge in [-0.3, -0.25) is 14.5 Å². The van der Waals surface area contributed by atoms with Crippen molar-refractivity contribution in [1.82, 2.24) is 0 Å². The van der Waals surface area contributed by atoms with Crippen LogP contribution in [0.2, 0.25) is 10.0 Å². The van der Waals surface area contributed by atoms with E-state index in [1.54, 1.807) is 0 Å². The Morgan fingerprint density at radius 3 is 2.26 bits per heavy atom. The van der Waals surface area contributed by atoms with Gasteiger partial charge in [-0.05, 0) is 42.0 Å². The SMILES string of the molecule is COc1c(Cl)cc(Cl)cc1/C(O)=C1\C(=O)C(=O)N(c2cc(F)ccc2F)C1c1ccc(F)cc1. The summed E-state index contributed by atoms with van der Waals surface area (Å²) in [5, 5.41) is 11.3. The van der Waals surface area contributed by atoms with Crippen LogP contribution in [-0.2, 0) is 9.59 Å². The summed E-state index contributed by atoms with van der Waals surface area (Å²) in [5.74, 6) is -5.63. The monoisotopic (exact) mass is 507 g/mol. The molecular formula is C24H14Cl2F3NO4. The van der Waals surface area contributed by atoms with Crippen LogP contribution in [0.15, 0.2) is 60.2 Å². The molecule has 1 fully saturated rings. The van der Waals surface area contributed by atoms with E-state index in [9.17, 15) is 27.9 Å². The van der Waals surface area contributed by atoms with Crippen molar-refractivity contribution in [3.8, 4) is 5.75 Å². The van der Waals surface area contributed by atoms with Crippen molar-refractivity contribution >= 4 is 46.3 Å². The maximum absolute atomic E-state index is 14.7. The molecule has 1 saturated heterocycles. The highest BCUT2D eigenvalue weighted by Gasteiger charge is 2.48. The Kier molecular flexibility index (Phi) is 6.29. The fourth-order valence-corrected chi connectivity index (χ4v) is 4.37. The number of ether oxygens (including phenoxy) is 1. The number of anilines is 1. The van der Waals surface area contributed by atoms with E-state index in [-0.39, 0.29) is 26.9 Å². The third kappa shape index (κ3) is 3.99. The van der Waals surface area contributed by atoms with Crippen LogP contribution in [0.1, 0.15) is 17.2 Å². The van der Waals surface area contributed by atoms with E-state index in [0.717, 1.165) is 30.3 Å². The maximum Gasteiger partial charge on any atom is 0.300 e. The van der Waals surface area contributed by atoms with Crippen molar-refractivity contribution in [2.45, 2.75) is 6.04 Å². The highest BCUT2D eigenvalue weighted by molar-refractivity contribution is 6.52. The summed E-state index contributed by atoms with van der Waals surface area (Å²) in [6, 6.07) is 8.20. The van der Waals surface area contributed by atoms with Gasteiger partial charge in [0, 0.05) is 11.1 Å². The summed E-state index contributed by atoms with van der Waals surface area (Å²) in [6.45, 7) is 0. The Labute approximate surface area is 201 Å². The molecule has 10 heteroatoms. The molecule has 0 aliphatic carbocycles. The Morgan fingerprint density at radius 1 is 0.971 bits per heavy atom. The van der Waals surface area contributed by atoms with Gasteiger partial charge in [0.1, 0.15) is 29.0 Å². The fraction of sp³-hybridized carbons (Fsp3) is 0.0833. The molecule has 1 atom stereocenters. The molecule has 0 aromatic heterocycles. The minimum atomic E-state index is -1.43. The number of Topliss-reactive ketones (excluding diaryl/α,β-unsaturated/α-hetero) is 1. The molecule has 1 unspecified atom stereocenters. The predicted octanol–water partition coefficient (Wildman–Crippen LogP) is 6.05. The molecule has 1 heterocycles. The lowest BCUT2D eigenvalue weighted by atomic mass is 9.94. The molecule has 3 aromatic rings. The molecule has 0 bridgehead atoms. The number of carbonyl (C=O) groups is 2. The van der Waals surface area contributed by atoms with Crippen molar-refractivity contribution in [3.05, 3.63) is 98.8 Å². The number of ketones is 1. The standard InChI is InChI=1S/C24H14Cl2F3NO4/c1-34-23-15(8-12(25)9-16(23)26)21(31)19-20(11-2-4-13(27)5-3-11)30(24(33)22(19)32)18-10-14(28)6-7-17(18)29/h2-10,20,31H,1H3/b21-19+. The minimum absolute atomic E-state index is 0.0142. The number of rotatable bonds is 4. The summed E-state index contributed by atoms with van der Waals surface area (Å²) in [6.07, 6.45) is 0. The van der Waals surface area contributed by atoms with Gasteiger partial charge in [0.05, 0.1) is 35.0 Å². The van der Waals surface area contributed by atoms with Crippen LogP contribution in [0.3, 0.4) is 0 Å². The summed E-state index contributed by atoms with van der Waals surface area (Å²) in [5.41, 5.74) is -0.966. The minimum Gasteiger partial charge on any atom is -0.507 e. The van der Waals surface area contributed by atoms with Crippen molar-refractivity contribution in [2.75, 3.05) is 12.0 Å². The molecule has 0 spiro atoms. The number of amides is 1.